The third-order valence-electron chi connectivity index (χ3n) is 7.96. The zero-order chi connectivity index (χ0) is 17.0. The highest BCUT2D eigenvalue weighted by molar-refractivity contribution is 5.94. The van der Waals surface area contributed by atoms with Gasteiger partial charge in [0.1, 0.15) is 0 Å². The molecule has 5 aliphatic rings. The van der Waals surface area contributed by atoms with Gasteiger partial charge in [0.15, 0.2) is 0 Å². The summed E-state index contributed by atoms with van der Waals surface area (Å²) in [6.07, 6.45) is 13.3. The zero-order valence-corrected chi connectivity index (χ0v) is 15.5. The molecule has 0 spiro atoms. The Morgan fingerprint density at radius 2 is 1.60 bits per heavy atom. The van der Waals surface area contributed by atoms with Gasteiger partial charge in [0.2, 0.25) is 0 Å². The lowest BCUT2D eigenvalue weighted by Gasteiger charge is -2.59. The predicted molar refractivity (Wildman–Crippen MR) is 101 cm³/mol. The molecule has 2 heteroatoms. The Labute approximate surface area is 151 Å². The first-order valence-corrected chi connectivity index (χ1v) is 10.5. The largest absolute Gasteiger partial charge is 0.349 e. The standard InChI is InChI=1S/C23H31NO/c1-15(23-12-16-8-17(13-23)10-18(9-16)14-23)24-22(25)21-7-6-19-4-2-3-5-20(19)11-21/h6-7,11,15-18H,2-5,8-10,12-14H2,1H3,(H,24,25)/t15-,16?,17?,18?,23?/m1/s1. The van der Waals surface area contributed by atoms with Gasteiger partial charge in [-0.05, 0) is 118 Å². The fraction of sp³-hybridized carbons (Fsp3) is 0.696. The average Bonchev–Trinajstić information content (AvgIpc) is 2.60. The summed E-state index contributed by atoms with van der Waals surface area (Å²) in [7, 11) is 0. The summed E-state index contributed by atoms with van der Waals surface area (Å²) >= 11 is 0. The molecule has 1 amide bonds. The second kappa shape index (κ2) is 5.86. The molecule has 1 aromatic rings. The maximum Gasteiger partial charge on any atom is 0.251 e. The van der Waals surface area contributed by atoms with E-state index in [1.807, 2.05) is 6.07 Å². The van der Waals surface area contributed by atoms with Crippen molar-refractivity contribution in [1.29, 1.82) is 0 Å². The van der Waals surface area contributed by atoms with Crippen LogP contribution in [0, 0.1) is 23.2 Å². The summed E-state index contributed by atoms with van der Waals surface area (Å²) < 4.78 is 0. The molecule has 5 aliphatic carbocycles. The molecular formula is C23H31NO. The van der Waals surface area contributed by atoms with Crippen molar-refractivity contribution in [2.45, 2.75) is 77.2 Å². The summed E-state index contributed by atoms with van der Waals surface area (Å²) in [6.45, 7) is 2.28. The van der Waals surface area contributed by atoms with Gasteiger partial charge in [0.25, 0.3) is 5.91 Å². The lowest BCUT2D eigenvalue weighted by atomic mass is 9.48. The minimum atomic E-state index is 0.150. The maximum absolute atomic E-state index is 12.9. The highest BCUT2D eigenvalue weighted by atomic mass is 16.1. The van der Waals surface area contributed by atoms with Crippen LogP contribution in [0.25, 0.3) is 0 Å². The molecule has 0 saturated heterocycles. The Bertz CT molecular complexity index is 656. The smallest absolute Gasteiger partial charge is 0.251 e. The number of carbonyl (C=O) groups excluding carboxylic acids is 1. The molecular weight excluding hydrogens is 306 g/mol. The Hall–Kier alpha value is -1.31. The van der Waals surface area contributed by atoms with Crippen molar-refractivity contribution in [3.8, 4) is 0 Å². The van der Waals surface area contributed by atoms with E-state index >= 15 is 0 Å². The SMILES string of the molecule is C[C@@H](NC(=O)c1ccc2c(c1)CCCC2)C12CC3CC(CC(C3)C1)C2. The van der Waals surface area contributed by atoms with Crippen molar-refractivity contribution >= 4 is 5.91 Å². The van der Waals surface area contributed by atoms with E-state index < -0.39 is 0 Å². The van der Waals surface area contributed by atoms with Crippen LogP contribution in [0.3, 0.4) is 0 Å². The van der Waals surface area contributed by atoms with Gasteiger partial charge in [-0.25, -0.2) is 0 Å². The zero-order valence-electron chi connectivity index (χ0n) is 15.5. The molecule has 4 bridgehead atoms. The number of hydrogen-bond donors (Lipinski definition) is 1. The van der Waals surface area contributed by atoms with Crippen LogP contribution in [0.4, 0.5) is 0 Å². The van der Waals surface area contributed by atoms with E-state index in [0.717, 1.165) is 29.7 Å². The first-order chi connectivity index (χ1) is 12.1. The van der Waals surface area contributed by atoms with E-state index in [-0.39, 0.29) is 5.91 Å². The van der Waals surface area contributed by atoms with E-state index in [4.69, 9.17) is 0 Å². The van der Waals surface area contributed by atoms with E-state index in [1.165, 1.54) is 68.9 Å². The van der Waals surface area contributed by atoms with Gasteiger partial charge in [-0.3, -0.25) is 4.79 Å². The summed E-state index contributed by atoms with van der Waals surface area (Å²) in [5.41, 5.74) is 4.12. The van der Waals surface area contributed by atoms with Crippen LogP contribution in [0.1, 0.15) is 79.8 Å². The molecule has 134 valence electrons. The first kappa shape index (κ1) is 15.9. The molecule has 1 atom stereocenters. The van der Waals surface area contributed by atoms with Gasteiger partial charge in [-0.15, -0.1) is 0 Å². The fourth-order valence-corrected chi connectivity index (χ4v) is 7.02. The van der Waals surface area contributed by atoms with Gasteiger partial charge in [0.05, 0.1) is 0 Å². The van der Waals surface area contributed by atoms with Crippen molar-refractivity contribution in [2.75, 3.05) is 0 Å². The van der Waals surface area contributed by atoms with E-state index in [1.54, 1.807) is 0 Å². The lowest BCUT2D eigenvalue weighted by Crippen LogP contribution is -2.55. The van der Waals surface area contributed by atoms with Gasteiger partial charge >= 0.3 is 0 Å². The number of fused-ring (bicyclic) bond motifs is 1. The third kappa shape index (κ3) is 2.73. The summed E-state index contributed by atoms with van der Waals surface area (Å²) in [6, 6.07) is 6.71. The highest BCUT2D eigenvalue weighted by Crippen LogP contribution is 2.61. The summed E-state index contributed by atoms with van der Waals surface area (Å²) in [5.74, 6) is 2.97. The molecule has 25 heavy (non-hydrogen) atoms. The van der Waals surface area contributed by atoms with Crippen molar-refractivity contribution in [1.82, 2.24) is 5.32 Å². The Balaban J connectivity index is 1.32. The van der Waals surface area contributed by atoms with Crippen LogP contribution in [0.2, 0.25) is 0 Å². The summed E-state index contributed by atoms with van der Waals surface area (Å²) in [5, 5.41) is 3.42. The van der Waals surface area contributed by atoms with Crippen LogP contribution in [0.15, 0.2) is 18.2 Å². The molecule has 0 aliphatic heterocycles. The second-order valence-corrected chi connectivity index (χ2v) is 9.67. The normalized spacial score (nSPS) is 36.8. The Kier molecular flexibility index (Phi) is 3.73. The molecule has 0 heterocycles. The number of nitrogens with one attached hydrogen (secondary N) is 1. The number of benzene rings is 1. The molecule has 4 fully saturated rings. The lowest BCUT2D eigenvalue weighted by molar-refractivity contribution is -0.0688. The van der Waals surface area contributed by atoms with Crippen molar-refractivity contribution in [3.05, 3.63) is 34.9 Å². The topological polar surface area (TPSA) is 29.1 Å². The molecule has 1 aromatic carbocycles. The number of carbonyl (C=O) groups is 1. The Morgan fingerprint density at radius 1 is 1.00 bits per heavy atom. The summed E-state index contributed by atoms with van der Waals surface area (Å²) in [4.78, 5) is 12.9. The van der Waals surface area contributed by atoms with Crippen LogP contribution < -0.4 is 5.32 Å². The van der Waals surface area contributed by atoms with Crippen molar-refractivity contribution in [3.63, 3.8) is 0 Å². The number of aryl methyl sites for hydroxylation is 2. The molecule has 1 N–H and O–H groups in total. The van der Waals surface area contributed by atoms with Crippen molar-refractivity contribution in [2.24, 2.45) is 23.2 Å². The van der Waals surface area contributed by atoms with Gasteiger partial charge in [-0.2, -0.15) is 0 Å². The van der Waals surface area contributed by atoms with Gasteiger partial charge < -0.3 is 5.32 Å². The van der Waals surface area contributed by atoms with Crippen LogP contribution in [-0.2, 0) is 12.8 Å². The predicted octanol–water partition coefficient (Wildman–Crippen LogP) is 4.90. The fourth-order valence-electron chi connectivity index (χ4n) is 7.02. The first-order valence-electron chi connectivity index (χ1n) is 10.5. The quantitative estimate of drug-likeness (QED) is 0.835. The number of hydrogen-bond acceptors (Lipinski definition) is 1. The van der Waals surface area contributed by atoms with Crippen molar-refractivity contribution < 1.29 is 4.79 Å². The molecule has 4 saturated carbocycles. The van der Waals surface area contributed by atoms with E-state index in [2.05, 4.69) is 24.4 Å². The van der Waals surface area contributed by atoms with E-state index in [0.29, 0.717) is 11.5 Å². The highest BCUT2D eigenvalue weighted by Gasteiger charge is 2.53. The number of amides is 1. The Morgan fingerprint density at radius 3 is 2.24 bits per heavy atom. The van der Waals surface area contributed by atoms with Crippen LogP contribution >= 0.6 is 0 Å². The monoisotopic (exact) mass is 337 g/mol. The second-order valence-electron chi connectivity index (χ2n) is 9.67. The molecule has 0 unspecified atom stereocenters. The molecule has 0 aromatic heterocycles. The minimum Gasteiger partial charge on any atom is -0.349 e. The molecule has 2 nitrogen and oxygen atoms in total. The van der Waals surface area contributed by atoms with Crippen LogP contribution in [0.5, 0.6) is 0 Å². The minimum absolute atomic E-state index is 0.150. The maximum atomic E-state index is 12.9. The number of rotatable bonds is 3. The molecule has 0 radical (unpaired) electrons. The van der Waals surface area contributed by atoms with Gasteiger partial charge in [0, 0.05) is 11.6 Å². The third-order valence-corrected chi connectivity index (χ3v) is 7.96. The average molecular weight is 338 g/mol. The van der Waals surface area contributed by atoms with Gasteiger partial charge in [-0.1, -0.05) is 6.07 Å². The van der Waals surface area contributed by atoms with Crippen LogP contribution in [-0.4, -0.2) is 11.9 Å². The van der Waals surface area contributed by atoms with E-state index in [9.17, 15) is 4.79 Å². The molecule has 6 rings (SSSR count).